The first kappa shape index (κ1) is 22.7. The van der Waals surface area contributed by atoms with Gasteiger partial charge in [0.15, 0.2) is 0 Å². The van der Waals surface area contributed by atoms with Gasteiger partial charge in [0.1, 0.15) is 12.4 Å². The number of fused-ring (bicyclic) bond motifs is 1. The highest BCUT2D eigenvalue weighted by Gasteiger charge is 2.41. The minimum Gasteiger partial charge on any atom is -0.478 e. The number of rotatable bonds is 5. The third kappa shape index (κ3) is 4.03. The lowest BCUT2D eigenvalue weighted by Crippen LogP contribution is -2.60. The topological polar surface area (TPSA) is 71.3 Å². The molecule has 178 valence electrons. The number of benzene rings is 2. The Hall–Kier alpha value is -3.03. The zero-order valence-corrected chi connectivity index (χ0v) is 19.3. The first-order chi connectivity index (χ1) is 16.5. The van der Waals surface area contributed by atoms with E-state index in [2.05, 4.69) is 5.32 Å². The number of carbonyl (C=O) groups is 1. The van der Waals surface area contributed by atoms with Crippen LogP contribution in [0, 0.1) is 5.82 Å². The summed E-state index contributed by atoms with van der Waals surface area (Å²) in [6.45, 7) is 4.35. The van der Waals surface area contributed by atoms with Crippen molar-refractivity contribution in [3.63, 3.8) is 0 Å². The van der Waals surface area contributed by atoms with Crippen LogP contribution in [-0.4, -0.2) is 52.3 Å². The number of piperidine rings is 2. The summed E-state index contributed by atoms with van der Waals surface area (Å²) in [5.74, 6) is -1.44. The Labute approximate surface area is 198 Å². The fourth-order valence-corrected chi connectivity index (χ4v) is 6.10. The number of carboxylic acids is 1. The van der Waals surface area contributed by atoms with E-state index in [1.165, 1.54) is 23.1 Å². The quantitative estimate of drug-likeness (QED) is 0.558. The molecule has 0 amide bonds. The van der Waals surface area contributed by atoms with Crippen LogP contribution in [0.1, 0.15) is 48.2 Å². The molecule has 34 heavy (non-hydrogen) atoms. The summed E-state index contributed by atoms with van der Waals surface area (Å²) in [6.07, 6.45) is 5.45. The van der Waals surface area contributed by atoms with Gasteiger partial charge in [-0.25, -0.2) is 9.18 Å². The average Bonchev–Trinajstić information content (AvgIpc) is 2.86. The number of nitrogens with zero attached hydrogens (tertiary/aromatic N) is 2. The number of pyridine rings is 1. The second-order valence-corrected chi connectivity index (χ2v) is 9.66. The molecule has 2 aromatic carbocycles. The number of aromatic carboxylic acids is 1. The molecule has 3 heterocycles. The van der Waals surface area contributed by atoms with Gasteiger partial charge in [0.25, 0.3) is 5.56 Å². The molecule has 2 fully saturated rings. The van der Waals surface area contributed by atoms with Gasteiger partial charge in [-0.2, -0.15) is 0 Å². The van der Waals surface area contributed by atoms with Crippen LogP contribution in [0.25, 0.3) is 16.5 Å². The van der Waals surface area contributed by atoms with E-state index in [1.54, 1.807) is 36.4 Å². The molecule has 2 aliphatic heterocycles. The Morgan fingerprint density at radius 2 is 1.65 bits per heavy atom. The highest BCUT2D eigenvalue weighted by Crippen LogP contribution is 2.33. The third-order valence-corrected chi connectivity index (χ3v) is 7.74. The van der Waals surface area contributed by atoms with Crippen LogP contribution in [-0.2, 0) is 6.54 Å². The van der Waals surface area contributed by atoms with Gasteiger partial charge in [-0.1, -0.05) is 18.2 Å². The van der Waals surface area contributed by atoms with Crippen LogP contribution in [0.4, 0.5) is 4.39 Å². The van der Waals surface area contributed by atoms with Gasteiger partial charge in [-0.05, 0) is 49.6 Å². The lowest BCUT2D eigenvalue weighted by atomic mass is 9.94. The van der Waals surface area contributed by atoms with Gasteiger partial charge in [0.2, 0.25) is 0 Å². The number of quaternary nitrogens is 1. The maximum atomic E-state index is 13.8. The second kappa shape index (κ2) is 9.31. The molecule has 0 radical (unpaired) electrons. The summed E-state index contributed by atoms with van der Waals surface area (Å²) in [4.78, 5) is 26.5. The van der Waals surface area contributed by atoms with Crippen molar-refractivity contribution < 1.29 is 18.8 Å². The lowest BCUT2D eigenvalue weighted by molar-refractivity contribution is -0.968. The highest BCUT2D eigenvalue weighted by molar-refractivity contribution is 6.04. The molecule has 0 bridgehead atoms. The van der Waals surface area contributed by atoms with Crippen molar-refractivity contribution in [1.29, 1.82) is 0 Å². The van der Waals surface area contributed by atoms with Crippen LogP contribution in [0.3, 0.4) is 0 Å². The van der Waals surface area contributed by atoms with Crippen molar-refractivity contribution in [3.05, 3.63) is 76.0 Å². The van der Waals surface area contributed by atoms with Crippen LogP contribution in [0.15, 0.2) is 53.3 Å². The van der Waals surface area contributed by atoms with Gasteiger partial charge >= 0.3 is 5.97 Å². The fourth-order valence-electron chi connectivity index (χ4n) is 6.10. The largest absolute Gasteiger partial charge is 0.478 e. The fraction of sp³-hybridized carbons (Fsp3) is 0.407. The van der Waals surface area contributed by atoms with E-state index in [0.29, 0.717) is 34.7 Å². The number of likely N-dealkylation sites (tertiary alicyclic amines) is 1. The Morgan fingerprint density at radius 1 is 1.00 bits per heavy atom. The molecule has 2 N–H and O–H groups in total. The molecule has 0 saturated carbocycles. The van der Waals surface area contributed by atoms with E-state index in [-0.39, 0.29) is 11.1 Å². The minimum atomic E-state index is -1.04. The van der Waals surface area contributed by atoms with E-state index in [9.17, 15) is 19.1 Å². The van der Waals surface area contributed by atoms with E-state index >= 15 is 0 Å². The zero-order chi connectivity index (χ0) is 23.7. The van der Waals surface area contributed by atoms with Gasteiger partial charge in [-0.15, -0.1) is 0 Å². The molecule has 0 aliphatic carbocycles. The molecule has 6 nitrogen and oxygen atoms in total. The molecular weight excluding hydrogens is 433 g/mol. The maximum Gasteiger partial charge on any atom is 0.338 e. The van der Waals surface area contributed by atoms with E-state index in [1.807, 2.05) is 0 Å². The Bertz CT molecular complexity index is 1260. The monoisotopic (exact) mass is 464 g/mol. The van der Waals surface area contributed by atoms with Crippen molar-refractivity contribution in [2.45, 2.75) is 44.7 Å². The average molecular weight is 465 g/mol. The number of nitrogens with one attached hydrogen (secondary N) is 1. The van der Waals surface area contributed by atoms with Crippen LogP contribution >= 0.6 is 0 Å². The van der Waals surface area contributed by atoms with Crippen molar-refractivity contribution in [1.82, 2.24) is 9.88 Å². The van der Waals surface area contributed by atoms with E-state index in [4.69, 9.17) is 0 Å². The third-order valence-electron chi connectivity index (χ3n) is 7.74. The standard InChI is InChI=1S/C27H30FN3O3/c28-19-8-10-20(11-9-19)30-24(25(27(33)34)22-6-2-3-7-23(22)26(30)32)18-31(16-4-1-5-17-31)21-12-14-29-15-13-21/h2-3,6-11,21,29H,1,4-5,12-18H2/p+1. The minimum absolute atomic E-state index is 0.177. The van der Waals surface area contributed by atoms with Gasteiger partial charge < -0.3 is 14.9 Å². The van der Waals surface area contributed by atoms with E-state index in [0.717, 1.165) is 56.3 Å². The van der Waals surface area contributed by atoms with E-state index < -0.39 is 11.8 Å². The molecular formula is C27H31FN3O3+. The zero-order valence-electron chi connectivity index (χ0n) is 19.3. The van der Waals surface area contributed by atoms with Crippen molar-refractivity contribution in [2.75, 3.05) is 26.2 Å². The number of aromatic nitrogens is 1. The predicted octanol–water partition coefficient (Wildman–Crippen LogP) is 4.08. The summed E-state index contributed by atoms with van der Waals surface area (Å²) >= 11 is 0. The molecule has 7 heteroatoms. The Balaban J connectivity index is 1.78. The van der Waals surface area contributed by atoms with Crippen molar-refractivity contribution in [3.8, 4) is 5.69 Å². The Kier molecular flexibility index (Phi) is 6.23. The van der Waals surface area contributed by atoms with Crippen molar-refractivity contribution in [2.24, 2.45) is 0 Å². The number of halogens is 1. The smallest absolute Gasteiger partial charge is 0.338 e. The second-order valence-electron chi connectivity index (χ2n) is 9.66. The predicted molar refractivity (Wildman–Crippen MR) is 130 cm³/mol. The summed E-state index contributed by atoms with van der Waals surface area (Å²) in [5.41, 5.74) is 0.928. The van der Waals surface area contributed by atoms with Crippen LogP contribution < -0.4 is 10.9 Å². The normalized spacial score (nSPS) is 18.7. The molecule has 0 unspecified atom stereocenters. The highest BCUT2D eigenvalue weighted by atomic mass is 19.1. The van der Waals surface area contributed by atoms with Crippen molar-refractivity contribution >= 4 is 16.7 Å². The van der Waals surface area contributed by atoms with Crippen LogP contribution in [0.2, 0.25) is 0 Å². The van der Waals surface area contributed by atoms with Gasteiger partial charge in [0, 0.05) is 42.4 Å². The first-order valence-electron chi connectivity index (χ1n) is 12.2. The molecule has 5 rings (SSSR count). The summed E-state index contributed by atoms with van der Waals surface area (Å²) in [7, 11) is 0. The maximum absolute atomic E-state index is 13.8. The number of hydrogen-bond donors (Lipinski definition) is 2. The molecule has 1 aromatic heterocycles. The lowest BCUT2D eigenvalue weighted by Gasteiger charge is -2.49. The number of carboxylic acid groups (broad SMARTS) is 1. The number of hydrogen-bond acceptors (Lipinski definition) is 3. The van der Waals surface area contributed by atoms with Gasteiger partial charge in [0.05, 0.1) is 30.4 Å². The van der Waals surface area contributed by atoms with Crippen LogP contribution in [0.5, 0.6) is 0 Å². The SMILES string of the molecule is O=C(O)c1c(C[N+]2(C3CCNCC3)CCCCC2)n(-c2ccc(F)cc2)c(=O)c2ccccc12. The molecule has 0 atom stereocenters. The first-order valence-corrected chi connectivity index (χ1v) is 12.2. The summed E-state index contributed by atoms with van der Waals surface area (Å²) in [6, 6.07) is 13.1. The Morgan fingerprint density at radius 3 is 2.29 bits per heavy atom. The van der Waals surface area contributed by atoms with Gasteiger partial charge in [-0.3, -0.25) is 9.36 Å². The molecule has 2 aliphatic rings. The molecule has 2 saturated heterocycles. The molecule has 0 spiro atoms. The summed E-state index contributed by atoms with van der Waals surface area (Å²) < 4.78 is 16.1. The molecule has 3 aromatic rings. The summed E-state index contributed by atoms with van der Waals surface area (Å²) in [5, 5.41) is 14.7.